The molecule has 2 saturated carbocycles. The number of nitrogens with zero attached hydrogens (tertiary/aromatic N) is 1. The number of esters is 1. The lowest BCUT2D eigenvalue weighted by atomic mass is 9.47. The summed E-state index contributed by atoms with van der Waals surface area (Å²) in [7, 11) is 0. The molecule has 0 radical (unpaired) electrons. The van der Waals surface area contributed by atoms with Crippen LogP contribution in [0.2, 0.25) is 0 Å². The van der Waals surface area contributed by atoms with Gasteiger partial charge in [0, 0.05) is 25.3 Å². The zero-order valence-electron chi connectivity index (χ0n) is 22.0. The van der Waals surface area contributed by atoms with E-state index in [-0.39, 0.29) is 28.8 Å². The Morgan fingerprint density at radius 2 is 1.83 bits per heavy atom. The van der Waals surface area contributed by atoms with E-state index in [2.05, 4.69) is 31.4 Å². The van der Waals surface area contributed by atoms with E-state index in [0.717, 1.165) is 44.5 Å². The molecule has 3 fully saturated rings. The van der Waals surface area contributed by atoms with E-state index in [1.807, 2.05) is 6.08 Å². The molecule has 190 valence electrons. The minimum atomic E-state index is -1.24. The van der Waals surface area contributed by atoms with Crippen LogP contribution in [0, 0.1) is 28.6 Å². The van der Waals surface area contributed by atoms with Crippen molar-refractivity contribution >= 4 is 17.5 Å². The van der Waals surface area contributed by atoms with Crippen molar-refractivity contribution in [1.29, 1.82) is 0 Å². The maximum atomic E-state index is 13.2. The summed E-state index contributed by atoms with van der Waals surface area (Å²) < 4.78 is 5.95. The van der Waals surface area contributed by atoms with Gasteiger partial charge in [0.15, 0.2) is 17.2 Å². The number of rotatable bonds is 4. The van der Waals surface area contributed by atoms with Gasteiger partial charge in [-0.2, -0.15) is 0 Å². The summed E-state index contributed by atoms with van der Waals surface area (Å²) in [5.41, 5.74) is 1.58. The molecule has 0 unspecified atom stereocenters. The Kier molecular flexibility index (Phi) is 6.02. The first kappa shape index (κ1) is 24.7. The summed E-state index contributed by atoms with van der Waals surface area (Å²) in [6.45, 7) is 14.9. The van der Waals surface area contributed by atoms with Crippen LogP contribution in [0.1, 0.15) is 79.1 Å². The molecule has 5 rings (SSSR count). The molecule has 4 aliphatic carbocycles. The predicted molar refractivity (Wildman–Crippen MR) is 136 cm³/mol. The maximum absolute atomic E-state index is 13.2. The molecule has 5 aliphatic rings. The molecule has 1 heterocycles. The molecule has 0 amide bonds. The van der Waals surface area contributed by atoms with Crippen LogP contribution >= 0.6 is 0 Å². The minimum Gasteiger partial charge on any atom is -0.446 e. The monoisotopic (exact) mass is 479 g/mol. The van der Waals surface area contributed by atoms with Crippen LogP contribution in [-0.4, -0.2) is 47.7 Å². The summed E-state index contributed by atoms with van der Waals surface area (Å²) in [5, 5.41) is 0. The van der Waals surface area contributed by atoms with Crippen molar-refractivity contribution < 1.29 is 19.1 Å². The van der Waals surface area contributed by atoms with Crippen LogP contribution in [0.4, 0.5) is 0 Å². The average Bonchev–Trinajstić information content (AvgIpc) is 3.03. The highest BCUT2D eigenvalue weighted by atomic mass is 16.6. The first-order valence-corrected chi connectivity index (χ1v) is 13.6. The van der Waals surface area contributed by atoms with Gasteiger partial charge in [-0.25, -0.2) is 0 Å². The van der Waals surface area contributed by atoms with Crippen LogP contribution in [0.25, 0.3) is 0 Å². The summed E-state index contributed by atoms with van der Waals surface area (Å²) in [5.74, 6) is 0.600. The van der Waals surface area contributed by atoms with Gasteiger partial charge >= 0.3 is 5.97 Å². The number of Topliss-reactive ketones (excluding diaryl/α,β-unsaturated/α-hetero) is 1. The number of likely N-dealkylation sites (tertiary alicyclic amines) is 1. The van der Waals surface area contributed by atoms with E-state index in [9.17, 15) is 14.4 Å². The average molecular weight is 480 g/mol. The van der Waals surface area contributed by atoms with E-state index in [1.165, 1.54) is 37.3 Å². The van der Waals surface area contributed by atoms with E-state index < -0.39 is 17.0 Å². The van der Waals surface area contributed by atoms with Crippen molar-refractivity contribution in [3.63, 3.8) is 0 Å². The third kappa shape index (κ3) is 3.55. The highest BCUT2D eigenvalue weighted by molar-refractivity contribution is 5.93. The molecule has 35 heavy (non-hydrogen) atoms. The number of piperidine rings is 1. The molecular weight excluding hydrogens is 438 g/mol. The number of hydrogen-bond acceptors (Lipinski definition) is 5. The second-order valence-electron chi connectivity index (χ2n) is 12.4. The number of fused-ring (bicyclic) bond motifs is 5. The minimum absolute atomic E-state index is 0.0377. The normalized spacial score (nSPS) is 41.3. The zero-order chi connectivity index (χ0) is 25.2. The molecule has 0 aromatic carbocycles. The van der Waals surface area contributed by atoms with Gasteiger partial charge in [0.05, 0.1) is 0 Å². The summed E-state index contributed by atoms with van der Waals surface area (Å²) in [6.07, 6.45) is 12.2. The van der Waals surface area contributed by atoms with Crippen molar-refractivity contribution in [2.24, 2.45) is 28.6 Å². The highest BCUT2D eigenvalue weighted by Crippen LogP contribution is 2.69. The van der Waals surface area contributed by atoms with Gasteiger partial charge in [-0.3, -0.25) is 19.3 Å². The number of allylic oxidation sites excluding steroid dienone is 2. The molecular formula is C30H41NO4. The van der Waals surface area contributed by atoms with Crippen LogP contribution in [0.5, 0.6) is 0 Å². The maximum Gasteiger partial charge on any atom is 0.303 e. The molecule has 1 aliphatic heterocycles. The van der Waals surface area contributed by atoms with Crippen molar-refractivity contribution in [2.45, 2.75) is 84.7 Å². The third-order valence-electron chi connectivity index (χ3n) is 10.5. The zero-order valence-corrected chi connectivity index (χ0v) is 22.0. The van der Waals surface area contributed by atoms with E-state index in [4.69, 9.17) is 4.74 Å². The van der Waals surface area contributed by atoms with Crippen LogP contribution in [-0.2, 0) is 19.1 Å². The summed E-state index contributed by atoms with van der Waals surface area (Å²) in [6, 6.07) is 0. The first-order chi connectivity index (χ1) is 16.5. The molecule has 0 N–H and O–H groups in total. The molecule has 1 saturated heterocycles. The van der Waals surface area contributed by atoms with Gasteiger partial charge in [0.25, 0.3) is 0 Å². The Morgan fingerprint density at radius 3 is 2.49 bits per heavy atom. The topological polar surface area (TPSA) is 63.7 Å². The SMILES string of the molecule is C=C1C[C@H]2[C@@H]3C=C(CN4CCCCC4)C4=CC(=O)CC[C@]4(C)[C@H]3CC[C@]2(C)[C@@]1(OC(C)=O)C(C)=O. The summed E-state index contributed by atoms with van der Waals surface area (Å²) in [4.78, 5) is 40.5. The molecule has 5 heteroatoms. The standard InChI is InChI=1S/C30H41NO4/c1-19-15-27-24-16-22(18-31-13-7-6-8-14-31)26-17-23(34)9-11-28(26,4)25(24)10-12-29(27,5)30(19,20(2)32)35-21(3)33/h16-17,24-25,27H,1,6-15,18H2,2-5H3/t24-,25+,27+,28-,29+,30+/m1/s1. The van der Waals surface area contributed by atoms with Gasteiger partial charge in [-0.05, 0) is 105 Å². The van der Waals surface area contributed by atoms with Crippen molar-refractivity contribution in [3.05, 3.63) is 35.5 Å². The Balaban J connectivity index is 1.60. The van der Waals surface area contributed by atoms with Gasteiger partial charge in [-0.1, -0.05) is 32.9 Å². The molecule has 0 aromatic rings. The van der Waals surface area contributed by atoms with Crippen LogP contribution in [0.15, 0.2) is 35.5 Å². The van der Waals surface area contributed by atoms with Crippen LogP contribution < -0.4 is 0 Å². The smallest absolute Gasteiger partial charge is 0.303 e. The third-order valence-corrected chi connectivity index (χ3v) is 10.5. The highest BCUT2D eigenvalue weighted by Gasteiger charge is 2.69. The molecule has 6 atom stereocenters. The molecule has 0 spiro atoms. The lowest BCUT2D eigenvalue weighted by Gasteiger charge is -2.58. The summed E-state index contributed by atoms with van der Waals surface area (Å²) >= 11 is 0. The fourth-order valence-electron chi connectivity index (χ4n) is 8.83. The van der Waals surface area contributed by atoms with Crippen molar-refractivity contribution in [2.75, 3.05) is 19.6 Å². The second kappa shape index (κ2) is 8.54. The van der Waals surface area contributed by atoms with Crippen LogP contribution in [0.3, 0.4) is 0 Å². The van der Waals surface area contributed by atoms with Gasteiger partial charge in [-0.15, -0.1) is 0 Å². The fourth-order valence-corrected chi connectivity index (χ4v) is 8.83. The van der Waals surface area contributed by atoms with Gasteiger partial charge in [0.2, 0.25) is 0 Å². The van der Waals surface area contributed by atoms with E-state index >= 15 is 0 Å². The number of hydrogen-bond donors (Lipinski definition) is 0. The number of ether oxygens (including phenoxy) is 1. The number of carbonyl (C=O) groups excluding carboxylic acids is 3. The molecule has 5 nitrogen and oxygen atoms in total. The molecule has 0 bridgehead atoms. The largest absolute Gasteiger partial charge is 0.446 e. The Labute approximate surface area is 210 Å². The lowest BCUT2D eigenvalue weighted by Crippen LogP contribution is -2.58. The number of carbonyl (C=O) groups is 3. The second-order valence-corrected chi connectivity index (χ2v) is 12.4. The Bertz CT molecular complexity index is 1030. The lowest BCUT2D eigenvalue weighted by molar-refractivity contribution is -0.179. The Morgan fingerprint density at radius 1 is 1.11 bits per heavy atom. The van der Waals surface area contributed by atoms with E-state index in [1.54, 1.807) is 6.92 Å². The fraction of sp³-hybridized carbons (Fsp3) is 0.700. The van der Waals surface area contributed by atoms with Crippen molar-refractivity contribution in [3.8, 4) is 0 Å². The van der Waals surface area contributed by atoms with Gasteiger partial charge in [0.1, 0.15) is 0 Å². The van der Waals surface area contributed by atoms with Gasteiger partial charge < -0.3 is 4.74 Å². The number of ketones is 2. The molecule has 0 aromatic heterocycles. The predicted octanol–water partition coefficient (Wildman–Crippen LogP) is 5.21. The Hall–Kier alpha value is -2.01. The van der Waals surface area contributed by atoms with E-state index in [0.29, 0.717) is 18.8 Å². The van der Waals surface area contributed by atoms with Crippen molar-refractivity contribution in [1.82, 2.24) is 4.90 Å². The first-order valence-electron chi connectivity index (χ1n) is 13.6. The quantitative estimate of drug-likeness (QED) is 0.409.